The minimum Gasteiger partial charge on any atom is -0.462 e. The summed E-state index contributed by atoms with van der Waals surface area (Å²) in [6, 6.07) is 7.30. The van der Waals surface area contributed by atoms with E-state index in [1.54, 1.807) is 13.1 Å². The van der Waals surface area contributed by atoms with Gasteiger partial charge in [0.1, 0.15) is 5.56 Å². The Kier molecular flexibility index (Phi) is 4.16. The van der Waals surface area contributed by atoms with Gasteiger partial charge in [-0.1, -0.05) is 28.1 Å². The van der Waals surface area contributed by atoms with Crippen LogP contribution < -0.4 is 5.43 Å². The van der Waals surface area contributed by atoms with Gasteiger partial charge in [0.05, 0.1) is 6.61 Å². The number of esters is 1. The fraction of sp³-hybridized carbons (Fsp3) is 0.143. The van der Waals surface area contributed by atoms with Crippen molar-refractivity contribution >= 4 is 21.9 Å². The Morgan fingerprint density at radius 3 is 2.58 bits per heavy atom. The van der Waals surface area contributed by atoms with E-state index < -0.39 is 5.97 Å². The van der Waals surface area contributed by atoms with E-state index in [9.17, 15) is 9.59 Å². The average molecular weight is 322 g/mol. The van der Waals surface area contributed by atoms with Crippen LogP contribution in [0.1, 0.15) is 17.3 Å². The molecule has 98 valence electrons. The highest BCUT2D eigenvalue weighted by Crippen LogP contribution is 2.18. The summed E-state index contributed by atoms with van der Waals surface area (Å²) < 4.78 is 5.78. The molecule has 4 nitrogen and oxygen atoms in total. The highest BCUT2D eigenvalue weighted by atomic mass is 79.9. The maximum absolute atomic E-state index is 12.2. The van der Waals surface area contributed by atoms with Crippen LogP contribution in [0.3, 0.4) is 0 Å². The quantitative estimate of drug-likeness (QED) is 0.884. The van der Waals surface area contributed by atoms with E-state index in [2.05, 4.69) is 20.9 Å². The largest absolute Gasteiger partial charge is 0.462 e. The fourth-order valence-electron chi connectivity index (χ4n) is 1.69. The molecular formula is C14H12BrNO3. The zero-order valence-corrected chi connectivity index (χ0v) is 11.9. The molecule has 0 bridgehead atoms. The van der Waals surface area contributed by atoms with Crippen LogP contribution in [0.15, 0.2) is 45.9 Å². The van der Waals surface area contributed by atoms with Crippen molar-refractivity contribution in [1.29, 1.82) is 0 Å². The van der Waals surface area contributed by atoms with Crippen LogP contribution in [0.4, 0.5) is 0 Å². The van der Waals surface area contributed by atoms with Crippen LogP contribution in [-0.2, 0) is 4.74 Å². The Labute approximate surface area is 118 Å². The van der Waals surface area contributed by atoms with Crippen LogP contribution in [0.5, 0.6) is 0 Å². The Morgan fingerprint density at radius 1 is 1.26 bits per heavy atom. The first kappa shape index (κ1) is 13.5. The maximum atomic E-state index is 12.2. The molecule has 0 unspecified atom stereocenters. The molecule has 1 heterocycles. The van der Waals surface area contributed by atoms with Crippen molar-refractivity contribution in [3.8, 4) is 11.1 Å². The standard InChI is InChI=1S/C14H12BrNO3/c1-2-19-14(18)12-8-16-7-11(13(12)17)9-3-5-10(15)6-4-9/h3-8H,2H2,1H3,(H,16,17). The molecule has 19 heavy (non-hydrogen) atoms. The van der Waals surface area contributed by atoms with Crippen molar-refractivity contribution in [2.24, 2.45) is 0 Å². The number of aromatic amines is 1. The van der Waals surface area contributed by atoms with E-state index in [0.717, 1.165) is 10.0 Å². The van der Waals surface area contributed by atoms with Gasteiger partial charge in [0, 0.05) is 22.4 Å². The van der Waals surface area contributed by atoms with Gasteiger partial charge in [-0.05, 0) is 24.6 Å². The van der Waals surface area contributed by atoms with Gasteiger partial charge >= 0.3 is 5.97 Å². The normalized spacial score (nSPS) is 10.2. The molecule has 0 spiro atoms. The number of benzene rings is 1. The minimum absolute atomic E-state index is 0.0160. The van der Waals surface area contributed by atoms with Crippen molar-refractivity contribution < 1.29 is 9.53 Å². The second-order valence-corrected chi connectivity index (χ2v) is 4.75. The lowest BCUT2D eigenvalue weighted by molar-refractivity contribution is 0.0524. The number of halogens is 1. The summed E-state index contributed by atoms with van der Waals surface area (Å²) in [4.78, 5) is 26.7. The first-order valence-corrected chi connectivity index (χ1v) is 6.57. The first-order valence-electron chi connectivity index (χ1n) is 5.77. The second-order valence-electron chi connectivity index (χ2n) is 3.84. The van der Waals surface area contributed by atoms with E-state index >= 15 is 0 Å². The molecule has 0 aliphatic carbocycles. The maximum Gasteiger partial charge on any atom is 0.343 e. The van der Waals surface area contributed by atoms with Gasteiger partial charge in [-0.25, -0.2) is 4.79 Å². The summed E-state index contributed by atoms with van der Waals surface area (Å²) in [7, 11) is 0. The summed E-state index contributed by atoms with van der Waals surface area (Å²) in [5.41, 5.74) is 0.871. The van der Waals surface area contributed by atoms with Gasteiger partial charge < -0.3 is 9.72 Å². The number of hydrogen-bond acceptors (Lipinski definition) is 3. The van der Waals surface area contributed by atoms with Crippen molar-refractivity contribution in [3.05, 3.63) is 56.9 Å². The Balaban J connectivity index is 2.48. The number of ether oxygens (including phenoxy) is 1. The van der Waals surface area contributed by atoms with Crippen LogP contribution in [-0.4, -0.2) is 17.6 Å². The van der Waals surface area contributed by atoms with Crippen LogP contribution in [0, 0.1) is 0 Å². The van der Waals surface area contributed by atoms with Gasteiger partial charge in [-0.15, -0.1) is 0 Å². The third-order valence-corrected chi connectivity index (χ3v) is 3.12. The molecule has 0 aliphatic rings. The number of pyridine rings is 1. The molecular weight excluding hydrogens is 310 g/mol. The molecule has 0 aliphatic heterocycles. The Morgan fingerprint density at radius 2 is 1.95 bits per heavy atom. The van der Waals surface area contributed by atoms with Gasteiger partial charge in [0.25, 0.3) is 0 Å². The molecule has 1 aromatic carbocycles. The lowest BCUT2D eigenvalue weighted by atomic mass is 10.1. The molecule has 2 rings (SSSR count). The lowest BCUT2D eigenvalue weighted by Gasteiger charge is -2.04. The van der Waals surface area contributed by atoms with E-state index in [1.165, 1.54) is 6.20 Å². The number of rotatable bonds is 3. The van der Waals surface area contributed by atoms with Crippen molar-refractivity contribution in [2.45, 2.75) is 6.92 Å². The number of aromatic nitrogens is 1. The van der Waals surface area contributed by atoms with Gasteiger partial charge in [-0.3, -0.25) is 4.79 Å². The number of H-pyrrole nitrogens is 1. The molecule has 0 atom stereocenters. The average Bonchev–Trinajstić information content (AvgIpc) is 2.40. The molecule has 0 radical (unpaired) electrons. The topological polar surface area (TPSA) is 59.2 Å². The lowest BCUT2D eigenvalue weighted by Crippen LogP contribution is -2.19. The summed E-state index contributed by atoms with van der Waals surface area (Å²) >= 11 is 3.33. The predicted molar refractivity (Wildman–Crippen MR) is 76.2 cm³/mol. The fourth-order valence-corrected chi connectivity index (χ4v) is 1.95. The summed E-state index contributed by atoms with van der Waals surface area (Å²) in [5.74, 6) is -0.609. The van der Waals surface area contributed by atoms with Gasteiger partial charge in [0.2, 0.25) is 5.43 Å². The zero-order valence-electron chi connectivity index (χ0n) is 10.3. The summed E-state index contributed by atoms with van der Waals surface area (Å²) in [5, 5.41) is 0. The van der Waals surface area contributed by atoms with E-state index in [0.29, 0.717) is 5.56 Å². The third-order valence-electron chi connectivity index (χ3n) is 2.60. The van der Waals surface area contributed by atoms with Crippen molar-refractivity contribution in [2.75, 3.05) is 6.61 Å². The third kappa shape index (κ3) is 2.93. The number of carbonyl (C=O) groups excluding carboxylic acids is 1. The Hall–Kier alpha value is -1.88. The SMILES string of the molecule is CCOC(=O)c1c[nH]cc(-c2ccc(Br)cc2)c1=O. The molecule has 1 N–H and O–H groups in total. The van der Waals surface area contributed by atoms with Gasteiger partial charge in [0.15, 0.2) is 0 Å². The van der Waals surface area contributed by atoms with Crippen molar-refractivity contribution in [3.63, 3.8) is 0 Å². The number of hydrogen-bond donors (Lipinski definition) is 1. The second kappa shape index (κ2) is 5.84. The van der Waals surface area contributed by atoms with Crippen LogP contribution in [0.25, 0.3) is 11.1 Å². The predicted octanol–water partition coefficient (Wildman–Crippen LogP) is 2.98. The highest BCUT2D eigenvalue weighted by Gasteiger charge is 2.14. The first-order chi connectivity index (χ1) is 9.13. The van der Waals surface area contributed by atoms with E-state index in [1.807, 2.05) is 24.3 Å². The molecule has 0 amide bonds. The summed E-state index contributed by atoms with van der Waals surface area (Å²) in [6.45, 7) is 1.94. The smallest absolute Gasteiger partial charge is 0.343 e. The summed E-state index contributed by atoms with van der Waals surface area (Å²) in [6.07, 6.45) is 2.94. The minimum atomic E-state index is -0.609. The van der Waals surface area contributed by atoms with Crippen LogP contribution >= 0.6 is 15.9 Å². The van der Waals surface area contributed by atoms with Crippen LogP contribution in [0.2, 0.25) is 0 Å². The molecule has 0 saturated heterocycles. The molecule has 0 fully saturated rings. The number of carbonyl (C=O) groups is 1. The monoisotopic (exact) mass is 321 g/mol. The van der Waals surface area contributed by atoms with E-state index in [4.69, 9.17) is 4.74 Å². The Bertz CT molecular complexity index is 646. The molecule has 1 aromatic heterocycles. The number of nitrogens with one attached hydrogen (secondary N) is 1. The molecule has 5 heteroatoms. The molecule has 0 saturated carbocycles. The van der Waals surface area contributed by atoms with Gasteiger partial charge in [-0.2, -0.15) is 0 Å². The van der Waals surface area contributed by atoms with Crippen molar-refractivity contribution in [1.82, 2.24) is 4.98 Å². The van der Waals surface area contributed by atoms with E-state index in [-0.39, 0.29) is 17.6 Å². The zero-order chi connectivity index (χ0) is 13.8. The highest BCUT2D eigenvalue weighted by molar-refractivity contribution is 9.10. The molecule has 2 aromatic rings.